The van der Waals surface area contributed by atoms with Gasteiger partial charge in [-0.25, -0.2) is 4.98 Å². The number of aromatic nitrogens is 1. The van der Waals surface area contributed by atoms with Crippen molar-refractivity contribution in [3.63, 3.8) is 0 Å². The predicted octanol–water partition coefficient (Wildman–Crippen LogP) is 4.91. The van der Waals surface area contributed by atoms with Gasteiger partial charge in [-0.05, 0) is 24.5 Å². The Bertz CT molecular complexity index is 641. The van der Waals surface area contributed by atoms with Crippen LogP contribution in [0.2, 0.25) is 5.02 Å². The molecule has 0 unspecified atom stereocenters. The van der Waals surface area contributed by atoms with Crippen molar-refractivity contribution in [2.24, 2.45) is 5.92 Å². The van der Waals surface area contributed by atoms with E-state index in [2.05, 4.69) is 25.8 Å². The van der Waals surface area contributed by atoms with E-state index < -0.39 is 0 Å². The second-order valence-corrected chi connectivity index (χ2v) is 7.97. The van der Waals surface area contributed by atoms with Gasteiger partial charge in [0.15, 0.2) is 5.58 Å². The third-order valence-electron chi connectivity index (χ3n) is 3.59. The van der Waals surface area contributed by atoms with Crippen molar-refractivity contribution in [2.45, 2.75) is 37.5 Å². The first-order chi connectivity index (χ1) is 9.95. The number of thioether (sulfide) groups is 1. The van der Waals surface area contributed by atoms with Crippen LogP contribution >= 0.6 is 23.4 Å². The zero-order valence-corrected chi connectivity index (χ0v) is 14.2. The number of ether oxygens (including phenoxy) is 1. The summed E-state index contributed by atoms with van der Waals surface area (Å²) in [5, 5.41) is 0.739. The molecule has 0 bridgehead atoms. The van der Waals surface area contributed by atoms with Crippen LogP contribution in [0.25, 0.3) is 11.1 Å². The van der Waals surface area contributed by atoms with E-state index >= 15 is 0 Å². The zero-order chi connectivity index (χ0) is 15.0. The normalized spacial score (nSPS) is 19.5. The number of oxazole rings is 1. The predicted molar refractivity (Wildman–Crippen MR) is 87.4 cm³/mol. The van der Waals surface area contributed by atoms with Gasteiger partial charge < -0.3 is 9.15 Å². The fraction of sp³-hybridized carbons (Fsp3) is 0.562. The van der Waals surface area contributed by atoms with E-state index in [1.54, 1.807) is 11.8 Å². The molecule has 0 aliphatic carbocycles. The van der Waals surface area contributed by atoms with Crippen LogP contribution < -0.4 is 0 Å². The molecule has 0 spiro atoms. The van der Waals surface area contributed by atoms with Crippen LogP contribution in [0, 0.1) is 5.92 Å². The molecule has 3 rings (SSSR count). The van der Waals surface area contributed by atoms with Crippen molar-refractivity contribution < 1.29 is 9.15 Å². The van der Waals surface area contributed by atoms with Crippen LogP contribution in [0.3, 0.4) is 0 Å². The number of halogens is 1. The van der Waals surface area contributed by atoms with Gasteiger partial charge in [0.1, 0.15) is 5.52 Å². The quantitative estimate of drug-likeness (QED) is 0.751. The molecular weight excluding hydrogens is 306 g/mol. The highest BCUT2D eigenvalue weighted by molar-refractivity contribution is 7.99. The molecule has 0 radical (unpaired) electrons. The van der Waals surface area contributed by atoms with Gasteiger partial charge in [-0.15, -0.1) is 11.8 Å². The first-order valence-electron chi connectivity index (χ1n) is 7.25. The molecule has 1 aliphatic heterocycles. The van der Waals surface area contributed by atoms with Crippen LogP contribution in [0.15, 0.2) is 21.4 Å². The molecule has 1 fully saturated rings. The molecule has 1 aliphatic rings. The lowest BCUT2D eigenvalue weighted by atomic mass is 9.97. The zero-order valence-electron chi connectivity index (χ0n) is 12.6. The average molecular weight is 326 g/mol. The van der Waals surface area contributed by atoms with E-state index in [1.807, 2.05) is 12.1 Å². The highest BCUT2D eigenvalue weighted by Crippen LogP contribution is 2.38. The molecule has 21 heavy (non-hydrogen) atoms. The second-order valence-electron chi connectivity index (χ2n) is 6.53. The van der Waals surface area contributed by atoms with Crippen LogP contribution in [0.1, 0.15) is 33.1 Å². The first kappa shape index (κ1) is 15.2. The van der Waals surface area contributed by atoms with Crippen LogP contribution in [-0.2, 0) is 10.2 Å². The minimum atomic E-state index is -0.104. The largest absolute Gasteiger partial charge is 0.439 e. The summed E-state index contributed by atoms with van der Waals surface area (Å²) in [4.78, 5) is 5.61. The smallest absolute Gasteiger partial charge is 0.200 e. The third kappa shape index (κ3) is 3.22. The van der Waals surface area contributed by atoms with Crippen molar-refractivity contribution in [1.29, 1.82) is 0 Å². The van der Waals surface area contributed by atoms with Gasteiger partial charge >= 0.3 is 0 Å². The summed E-state index contributed by atoms with van der Waals surface area (Å²) >= 11 is 8.12. The molecule has 2 aromatic rings. The number of nitrogens with zero attached hydrogens (tertiary/aromatic N) is 1. The minimum Gasteiger partial charge on any atom is -0.439 e. The average Bonchev–Trinajstić information content (AvgIpc) is 3.05. The maximum atomic E-state index is 6.37. The van der Waals surface area contributed by atoms with E-state index in [4.69, 9.17) is 20.8 Å². The lowest BCUT2D eigenvalue weighted by Crippen LogP contribution is -2.10. The van der Waals surface area contributed by atoms with Gasteiger partial charge in [0, 0.05) is 17.8 Å². The van der Waals surface area contributed by atoms with Gasteiger partial charge in [0.05, 0.1) is 16.5 Å². The second kappa shape index (κ2) is 5.82. The minimum absolute atomic E-state index is 0.104. The number of rotatable bonds is 3. The monoisotopic (exact) mass is 325 g/mol. The van der Waals surface area contributed by atoms with Crippen molar-refractivity contribution in [1.82, 2.24) is 4.98 Å². The molecule has 5 heteroatoms. The van der Waals surface area contributed by atoms with Gasteiger partial charge in [0.25, 0.3) is 0 Å². The lowest BCUT2D eigenvalue weighted by molar-refractivity contribution is 0.189. The van der Waals surface area contributed by atoms with Crippen molar-refractivity contribution >= 4 is 34.5 Å². The summed E-state index contributed by atoms with van der Waals surface area (Å²) in [6, 6.07) is 3.84. The molecule has 114 valence electrons. The lowest BCUT2D eigenvalue weighted by Gasteiger charge is -2.12. The van der Waals surface area contributed by atoms with E-state index in [0.717, 1.165) is 52.3 Å². The Morgan fingerprint density at radius 1 is 1.38 bits per heavy atom. The summed E-state index contributed by atoms with van der Waals surface area (Å²) in [5.41, 5.74) is 1.60. The molecule has 0 amide bonds. The van der Waals surface area contributed by atoms with E-state index in [1.165, 1.54) is 0 Å². The summed E-state index contributed by atoms with van der Waals surface area (Å²) in [7, 11) is 0. The summed E-state index contributed by atoms with van der Waals surface area (Å²) in [5.74, 6) is 2.36. The molecule has 1 aromatic heterocycles. The van der Waals surface area contributed by atoms with Gasteiger partial charge in [0.2, 0.25) is 5.89 Å². The number of hydrogen-bond donors (Lipinski definition) is 0. The van der Waals surface area contributed by atoms with Crippen LogP contribution in [0.4, 0.5) is 0 Å². The van der Waals surface area contributed by atoms with Gasteiger partial charge in [-0.2, -0.15) is 0 Å². The maximum Gasteiger partial charge on any atom is 0.200 e. The Labute approximate surface area is 134 Å². The van der Waals surface area contributed by atoms with Gasteiger partial charge in [-0.3, -0.25) is 0 Å². The van der Waals surface area contributed by atoms with Crippen LogP contribution in [0.5, 0.6) is 0 Å². The Morgan fingerprint density at radius 2 is 2.19 bits per heavy atom. The van der Waals surface area contributed by atoms with Crippen molar-refractivity contribution in [3.8, 4) is 0 Å². The van der Waals surface area contributed by atoms with Crippen molar-refractivity contribution in [3.05, 3.63) is 23.0 Å². The summed E-state index contributed by atoms with van der Waals surface area (Å²) < 4.78 is 11.4. The Hall–Kier alpha value is -0.710. The SMILES string of the molecule is CC(C)(C)c1nc2ccc(Cl)c(SC[C@H]3CCOC3)c2o1. The van der Waals surface area contributed by atoms with Crippen LogP contribution in [-0.4, -0.2) is 24.0 Å². The van der Waals surface area contributed by atoms with E-state index in [9.17, 15) is 0 Å². The molecule has 1 saturated heterocycles. The molecule has 0 saturated carbocycles. The molecule has 2 heterocycles. The van der Waals surface area contributed by atoms with E-state index in [-0.39, 0.29) is 5.41 Å². The van der Waals surface area contributed by atoms with E-state index in [0.29, 0.717) is 5.92 Å². The number of benzene rings is 1. The fourth-order valence-electron chi connectivity index (χ4n) is 2.32. The topological polar surface area (TPSA) is 35.3 Å². The highest BCUT2D eigenvalue weighted by Gasteiger charge is 2.24. The number of hydrogen-bond acceptors (Lipinski definition) is 4. The standard InChI is InChI=1S/C16H20ClNO2S/c1-16(2,3)15-18-12-5-4-11(17)14(13(12)20-15)21-9-10-6-7-19-8-10/h4-5,10H,6-9H2,1-3H3/t10-/m0/s1. The summed E-state index contributed by atoms with van der Waals surface area (Å²) in [6.07, 6.45) is 1.13. The van der Waals surface area contributed by atoms with Gasteiger partial charge in [-0.1, -0.05) is 32.4 Å². The Morgan fingerprint density at radius 3 is 2.86 bits per heavy atom. The third-order valence-corrected chi connectivity index (χ3v) is 5.35. The molecule has 0 N–H and O–H groups in total. The summed E-state index contributed by atoms with van der Waals surface area (Å²) in [6.45, 7) is 8.02. The molecule has 1 aromatic carbocycles. The fourth-order valence-corrected chi connectivity index (χ4v) is 3.78. The number of fused-ring (bicyclic) bond motifs is 1. The molecule has 1 atom stereocenters. The first-order valence-corrected chi connectivity index (χ1v) is 8.61. The Kier molecular flexibility index (Phi) is 4.21. The highest BCUT2D eigenvalue weighted by atomic mass is 35.5. The van der Waals surface area contributed by atoms with Crippen molar-refractivity contribution in [2.75, 3.05) is 19.0 Å². The molecule has 3 nitrogen and oxygen atoms in total. The molecular formula is C16H20ClNO2S. The Balaban J connectivity index is 1.91. The maximum absolute atomic E-state index is 6.37.